The highest BCUT2D eigenvalue weighted by molar-refractivity contribution is 5.86. The summed E-state index contributed by atoms with van der Waals surface area (Å²) < 4.78 is 7.68. The van der Waals surface area contributed by atoms with Gasteiger partial charge in [-0.1, -0.05) is 0 Å². The Bertz CT molecular complexity index is 698. The molecule has 0 radical (unpaired) electrons. The molecule has 0 bridgehead atoms. The van der Waals surface area contributed by atoms with Crippen molar-refractivity contribution >= 4 is 16.9 Å². The average Bonchev–Trinajstić information content (AvgIpc) is 2.96. The second-order valence-electron chi connectivity index (χ2n) is 7.13. The van der Waals surface area contributed by atoms with Gasteiger partial charge in [0.2, 0.25) is 0 Å². The zero-order valence-corrected chi connectivity index (χ0v) is 14.7. The van der Waals surface area contributed by atoms with Crippen molar-refractivity contribution in [3.8, 4) is 0 Å². The van der Waals surface area contributed by atoms with Gasteiger partial charge in [0.05, 0.1) is 23.8 Å². The Kier molecular flexibility index (Phi) is 4.14. The minimum absolute atomic E-state index is 0.337. The van der Waals surface area contributed by atoms with Crippen LogP contribution in [0, 0.1) is 0 Å². The number of aryl methyl sites for hydroxylation is 1. The minimum Gasteiger partial charge on any atom is -0.373 e. The van der Waals surface area contributed by atoms with Gasteiger partial charge < -0.3 is 9.64 Å². The molecule has 2 unspecified atom stereocenters. The van der Waals surface area contributed by atoms with E-state index in [1.165, 1.54) is 12.8 Å². The molecule has 130 valence electrons. The van der Waals surface area contributed by atoms with Crippen molar-refractivity contribution in [3.05, 3.63) is 12.5 Å². The lowest BCUT2D eigenvalue weighted by Crippen LogP contribution is -2.53. The van der Waals surface area contributed by atoms with E-state index in [4.69, 9.17) is 4.74 Å². The van der Waals surface area contributed by atoms with Crippen molar-refractivity contribution in [1.82, 2.24) is 24.6 Å². The van der Waals surface area contributed by atoms with E-state index < -0.39 is 0 Å². The van der Waals surface area contributed by atoms with E-state index in [1.807, 2.05) is 17.9 Å². The number of hydrogen-bond donors (Lipinski definition) is 0. The van der Waals surface area contributed by atoms with Gasteiger partial charge in [-0.25, -0.2) is 9.97 Å². The maximum Gasteiger partial charge on any atom is 0.163 e. The summed E-state index contributed by atoms with van der Waals surface area (Å²) in [6.45, 7) is 8.53. The van der Waals surface area contributed by atoms with Crippen LogP contribution >= 0.6 is 0 Å². The fourth-order valence-electron chi connectivity index (χ4n) is 4.16. The molecule has 0 aliphatic carbocycles. The van der Waals surface area contributed by atoms with Crippen molar-refractivity contribution in [2.45, 2.75) is 44.9 Å². The number of hydrogen-bond acceptors (Lipinski definition) is 6. The maximum atomic E-state index is 5.87. The maximum absolute atomic E-state index is 5.87. The summed E-state index contributed by atoms with van der Waals surface area (Å²) in [5.74, 6) is 1.02. The molecule has 0 N–H and O–H groups in total. The summed E-state index contributed by atoms with van der Waals surface area (Å²) in [6, 6.07) is 0.654. The summed E-state index contributed by atoms with van der Waals surface area (Å²) in [7, 11) is 1.92. The van der Waals surface area contributed by atoms with E-state index in [9.17, 15) is 0 Å². The van der Waals surface area contributed by atoms with Crippen LogP contribution in [-0.2, 0) is 11.8 Å². The van der Waals surface area contributed by atoms with Crippen LogP contribution in [0.5, 0.6) is 0 Å². The molecule has 0 amide bonds. The Hall–Kier alpha value is -1.73. The molecule has 0 saturated carbocycles. The molecular weight excluding hydrogens is 304 g/mol. The van der Waals surface area contributed by atoms with Crippen LogP contribution in [0.3, 0.4) is 0 Å². The fraction of sp³-hybridized carbons (Fsp3) is 0.706. The highest BCUT2D eigenvalue weighted by Gasteiger charge is 2.31. The molecule has 7 nitrogen and oxygen atoms in total. The number of piperidine rings is 1. The largest absolute Gasteiger partial charge is 0.373 e. The van der Waals surface area contributed by atoms with Gasteiger partial charge in [0.1, 0.15) is 12.1 Å². The Balaban J connectivity index is 1.46. The third kappa shape index (κ3) is 2.86. The number of aromatic nitrogens is 4. The predicted molar refractivity (Wildman–Crippen MR) is 93.1 cm³/mol. The summed E-state index contributed by atoms with van der Waals surface area (Å²) in [5.41, 5.74) is 0.901. The molecule has 2 saturated heterocycles. The summed E-state index contributed by atoms with van der Waals surface area (Å²) in [5, 5.41) is 5.37. The standard InChI is InChI=1S/C17H26N6O/c1-12-9-23(10-13(2)24-12)14-4-6-22(7-5-14)17-15-8-20-21(3)16(15)18-11-19-17/h8,11-14H,4-7,9-10H2,1-3H3. The average molecular weight is 330 g/mol. The molecule has 2 atom stereocenters. The van der Waals surface area contributed by atoms with Crippen molar-refractivity contribution in [1.29, 1.82) is 0 Å². The number of morpholine rings is 1. The lowest BCUT2D eigenvalue weighted by Gasteiger charge is -2.43. The molecule has 4 heterocycles. The first kappa shape index (κ1) is 15.8. The SMILES string of the molecule is CC1CN(C2CCN(c3ncnc4c3cnn4C)CC2)CC(C)O1. The Morgan fingerprint density at radius 3 is 2.50 bits per heavy atom. The van der Waals surface area contributed by atoms with E-state index in [0.29, 0.717) is 18.2 Å². The fourth-order valence-corrected chi connectivity index (χ4v) is 4.16. The minimum atomic E-state index is 0.337. The molecule has 7 heteroatoms. The third-order valence-electron chi connectivity index (χ3n) is 5.24. The molecular formula is C17H26N6O. The second-order valence-corrected chi connectivity index (χ2v) is 7.13. The third-order valence-corrected chi connectivity index (χ3v) is 5.24. The van der Waals surface area contributed by atoms with E-state index in [-0.39, 0.29) is 0 Å². The summed E-state index contributed by atoms with van der Waals surface area (Å²) >= 11 is 0. The second kappa shape index (κ2) is 6.29. The molecule has 2 aliphatic heterocycles. The van der Waals surface area contributed by atoms with Crippen LogP contribution in [0.4, 0.5) is 5.82 Å². The van der Waals surface area contributed by atoms with E-state index >= 15 is 0 Å². The van der Waals surface area contributed by atoms with Gasteiger partial charge >= 0.3 is 0 Å². The number of fused-ring (bicyclic) bond motifs is 1. The monoisotopic (exact) mass is 330 g/mol. The smallest absolute Gasteiger partial charge is 0.163 e. The molecule has 4 rings (SSSR count). The van der Waals surface area contributed by atoms with Gasteiger partial charge in [0, 0.05) is 39.3 Å². The highest BCUT2D eigenvalue weighted by Crippen LogP contribution is 2.27. The first-order valence-corrected chi connectivity index (χ1v) is 8.89. The normalized spacial score (nSPS) is 27.0. The van der Waals surface area contributed by atoms with Crippen LogP contribution < -0.4 is 4.90 Å². The molecule has 0 spiro atoms. The van der Waals surface area contributed by atoms with Crippen LogP contribution in [0.1, 0.15) is 26.7 Å². The van der Waals surface area contributed by atoms with Gasteiger partial charge in [-0.3, -0.25) is 9.58 Å². The summed E-state index contributed by atoms with van der Waals surface area (Å²) in [6.07, 6.45) is 6.54. The molecule has 24 heavy (non-hydrogen) atoms. The topological polar surface area (TPSA) is 59.3 Å². The molecule has 2 aromatic rings. The summed E-state index contributed by atoms with van der Waals surface area (Å²) in [4.78, 5) is 13.9. The molecule has 2 aliphatic rings. The van der Waals surface area contributed by atoms with Crippen molar-refractivity contribution in [3.63, 3.8) is 0 Å². The lowest BCUT2D eigenvalue weighted by atomic mass is 10.0. The zero-order valence-electron chi connectivity index (χ0n) is 14.7. The van der Waals surface area contributed by atoms with Crippen LogP contribution in [0.15, 0.2) is 12.5 Å². The number of nitrogens with zero attached hydrogens (tertiary/aromatic N) is 6. The Morgan fingerprint density at radius 1 is 1.08 bits per heavy atom. The Morgan fingerprint density at radius 2 is 1.79 bits per heavy atom. The number of ether oxygens (including phenoxy) is 1. The van der Waals surface area contributed by atoms with Crippen molar-refractivity contribution < 1.29 is 4.74 Å². The van der Waals surface area contributed by atoms with Gasteiger partial charge in [0.15, 0.2) is 5.65 Å². The number of rotatable bonds is 2. The molecule has 0 aromatic carbocycles. The molecule has 2 fully saturated rings. The van der Waals surface area contributed by atoms with Crippen LogP contribution in [-0.4, -0.2) is 69.1 Å². The first-order valence-electron chi connectivity index (χ1n) is 8.89. The van der Waals surface area contributed by atoms with Crippen LogP contribution in [0.2, 0.25) is 0 Å². The van der Waals surface area contributed by atoms with Gasteiger partial charge in [-0.15, -0.1) is 0 Å². The molecule has 2 aromatic heterocycles. The van der Waals surface area contributed by atoms with E-state index in [0.717, 1.165) is 43.0 Å². The van der Waals surface area contributed by atoms with Gasteiger partial charge in [0.25, 0.3) is 0 Å². The van der Waals surface area contributed by atoms with Gasteiger partial charge in [-0.2, -0.15) is 5.10 Å². The van der Waals surface area contributed by atoms with Crippen molar-refractivity contribution in [2.75, 3.05) is 31.1 Å². The predicted octanol–water partition coefficient (Wildman–Crippen LogP) is 1.44. The first-order chi connectivity index (χ1) is 11.6. The van der Waals surface area contributed by atoms with Crippen molar-refractivity contribution in [2.24, 2.45) is 7.05 Å². The Labute approximate surface area is 142 Å². The van der Waals surface area contributed by atoms with E-state index in [1.54, 1.807) is 6.33 Å². The van der Waals surface area contributed by atoms with Crippen LogP contribution in [0.25, 0.3) is 11.0 Å². The zero-order chi connectivity index (χ0) is 16.7. The highest BCUT2D eigenvalue weighted by atomic mass is 16.5. The lowest BCUT2D eigenvalue weighted by molar-refractivity contribution is -0.0826. The van der Waals surface area contributed by atoms with Gasteiger partial charge in [-0.05, 0) is 26.7 Å². The van der Waals surface area contributed by atoms with E-state index in [2.05, 4.69) is 38.7 Å². The number of anilines is 1. The quantitative estimate of drug-likeness (QED) is 0.830.